The third kappa shape index (κ3) is 3.66. The Kier molecular flexibility index (Phi) is 6.39. The van der Waals surface area contributed by atoms with Crippen LogP contribution in [-0.4, -0.2) is 20.8 Å². The van der Waals surface area contributed by atoms with E-state index in [4.69, 9.17) is 10.7 Å². The highest BCUT2D eigenvalue weighted by molar-refractivity contribution is 5.91. The summed E-state index contributed by atoms with van der Waals surface area (Å²) in [6.07, 6.45) is 7.52. The lowest BCUT2D eigenvalue weighted by molar-refractivity contribution is 0.586. The van der Waals surface area contributed by atoms with Gasteiger partial charge in [-0.1, -0.05) is 33.6 Å². The molecule has 0 saturated heterocycles. The van der Waals surface area contributed by atoms with E-state index in [1.54, 1.807) is 0 Å². The third-order valence-corrected chi connectivity index (χ3v) is 4.43. The number of rotatable bonds is 9. The molecular weight excluding hydrogens is 286 g/mol. The Morgan fingerprint density at radius 1 is 1.17 bits per heavy atom. The summed E-state index contributed by atoms with van der Waals surface area (Å²) < 4.78 is 1.97. The Balaban J connectivity index is 2.55. The molecule has 0 radical (unpaired) electrons. The van der Waals surface area contributed by atoms with Gasteiger partial charge in [0.1, 0.15) is 0 Å². The second-order valence-corrected chi connectivity index (χ2v) is 6.09. The molecule has 0 aliphatic carbocycles. The Hall–Kier alpha value is -1.62. The molecule has 2 aromatic heterocycles. The van der Waals surface area contributed by atoms with Crippen LogP contribution in [0.5, 0.6) is 0 Å². The van der Waals surface area contributed by atoms with Gasteiger partial charge in [-0.05, 0) is 26.2 Å². The highest BCUT2D eigenvalue weighted by Crippen LogP contribution is 2.30. The van der Waals surface area contributed by atoms with E-state index in [0.29, 0.717) is 12.6 Å². The van der Waals surface area contributed by atoms with Crippen molar-refractivity contribution in [3.63, 3.8) is 0 Å². The van der Waals surface area contributed by atoms with Gasteiger partial charge in [-0.2, -0.15) is 5.10 Å². The summed E-state index contributed by atoms with van der Waals surface area (Å²) in [5, 5.41) is 9.38. The van der Waals surface area contributed by atoms with Crippen LogP contribution in [0.15, 0.2) is 6.20 Å². The number of pyridine rings is 1. The second kappa shape index (κ2) is 8.29. The third-order valence-electron chi connectivity index (χ3n) is 4.43. The first kappa shape index (κ1) is 17.7. The predicted molar refractivity (Wildman–Crippen MR) is 97.7 cm³/mol. The predicted octanol–water partition coefficient (Wildman–Crippen LogP) is 3.85. The van der Waals surface area contributed by atoms with Gasteiger partial charge in [0, 0.05) is 30.4 Å². The van der Waals surface area contributed by atoms with Crippen LogP contribution >= 0.6 is 0 Å². The molecule has 0 saturated carbocycles. The highest BCUT2D eigenvalue weighted by Gasteiger charge is 2.18. The summed E-state index contributed by atoms with van der Waals surface area (Å²) in [5.74, 6) is 0. The lowest BCUT2D eigenvalue weighted by atomic mass is 10.0. The van der Waals surface area contributed by atoms with Gasteiger partial charge in [0.15, 0.2) is 5.65 Å². The molecule has 2 heterocycles. The molecule has 0 aromatic carbocycles. The fourth-order valence-electron chi connectivity index (χ4n) is 3.27. The Morgan fingerprint density at radius 2 is 1.87 bits per heavy atom. The number of nitrogens with zero attached hydrogens (tertiary/aromatic N) is 3. The van der Waals surface area contributed by atoms with Gasteiger partial charge < -0.3 is 11.1 Å². The first-order chi connectivity index (χ1) is 11.2. The van der Waals surface area contributed by atoms with E-state index in [0.717, 1.165) is 40.9 Å². The number of fused-ring (bicyclic) bond motifs is 1. The number of nitrogens with one attached hydrogen (secondary N) is 1. The highest BCUT2D eigenvalue weighted by atomic mass is 15.3. The summed E-state index contributed by atoms with van der Waals surface area (Å²) in [5.41, 5.74) is 10.4. The quantitative estimate of drug-likeness (QED) is 0.737. The molecule has 0 fully saturated rings. The zero-order valence-corrected chi connectivity index (χ0v) is 15.0. The minimum atomic E-state index is 0.482. The maximum absolute atomic E-state index is 6.07. The summed E-state index contributed by atoms with van der Waals surface area (Å²) in [6, 6.07) is 0.482. The van der Waals surface area contributed by atoms with Gasteiger partial charge in [-0.25, -0.2) is 9.67 Å². The monoisotopic (exact) mass is 317 g/mol. The van der Waals surface area contributed by atoms with Crippen LogP contribution in [0.25, 0.3) is 11.0 Å². The van der Waals surface area contributed by atoms with Crippen LogP contribution in [0.3, 0.4) is 0 Å². The van der Waals surface area contributed by atoms with Crippen LogP contribution in [-0.2, 0) is 19.5 Å². The molecule has 0 atom stereocenters. The van der Waals surface area contributed by atoms with Crippen molar-refractivity contribution in [2.75, 3.05) is 5.32 Å². The Bertz CT molecular complexity index is 626. The topological polar surface area (TPSA) is 68.8 Å². The average Bonchev–Trinajstić information content (AvgIpc) is 2.97. The Labute approximate surface area is 139 Å². The number of anilines is 1. The van der Waals surface area contributed by atoms with Crippen LogP contribution < -0.4 is 11.1 Å². The van der Waals surface area contributed by atoms with E-state index in [9.17, 15) is 0 Å². The van der Waals surface area contributed by atoms with Crippen LogP contribution in [0.4, 0.5) is 5.69 Å². The Morgan fingerprint density at radius 3 is 2.39 bits per heavy atom. The van der Waals surface area contributed by atoms with Crippen LogP contribution in [0, 0.1) is 0 Å². The average molecular weight is 317 g/mol. The van der Waals surface area contributed by atoms with Crippen LogP contribution in [0.2, 0.25) is 0 Å². The summed E-state index contributed by atoms with van der Waals surface area (Å²) >= 11 is 0. The van der Waals surface area contributed by atoms with Gasteiger partial charge in [-0.15, -0.1) is 0 Å². The minimum Gasteiger partial charge on any atom is -0.381 e. The number of nitrogens with two attached hydrogens (primary N) is 1. The lowest BCUT2D eigenvalue weighted by Gasteiger charge is -2.22. The largest absolute Gasteiger partial charge is 0.381 e. The summed E-state index contributed by atoms with van der Waals surface area (Å²) in [6.45, 7) is 10.1. The molecule has 0 aliphatic heterocycles. The zero-order chi connectivity index (χ0) is 16.8. The van der Waals surface area contributed by atoms with Crippen molar-refractivity contribution in [3.05, 3.63) is 17.5 Å². The molecule has 128 valence electrons. The first-order valence-electron chi connectivity index (χ1n) is 9.03. The van der Waals surface area contributed by atoms with E-state index < -0.39 is 0 Å². The molecule has 0 unspecified atom stereocenters. The molecule has 23 heavy (non-hydrogen) atoms. The fraction of sp³-hybridized carbons (Fsp3) is 0.667. The number of hydrogen-bond donors (Lipinski definition) is 2. The molecule has 5 heteroatoms. The van der Waals surface area contributed by atoms with Crippen molar-refractivity contribution in [2.24, 2.45) is 5.73 Å². The number of aromatic nitrogens is 3. The molecule has 0 aliphatic rings. The van der Waals surface area contributed by atoms with Crippen molar-refractivity contribution >= 4 is 16.7 Å². The lowest BCUT2D eigenvalue weighted by Crippen LogP contribution is -2.21. The van der Waals surface area contributed by atoms with Gasteiger partial charge in [0.05, 0.1) is 17.3 Å². The minimum absolute atomic E-state index is 0.482. The molecule has 0 spiro atoms. The molecule has 3 N–H and O–H groups in total. The van der Waals surface area contributed by atoms with Crippen molar-refractivity contribution in [1.82, 2.24) is 14.8 Å². The van der Waals surface area contributed by atoms with E-state index in [1.807, 2.05) is 10.9 Å². The summed E-state index contributed by atoms with van der Waals surface area (Å²) in [4.78, 5) is 4.84. The second-order valence-electron chi connectivity index (χ2n) is 6.09. The zero-order valence-electron chi connectivity index (χ0n) is 15.0. The van der Waals surface area contributed by atoms with Crippen molar-refractivity contribution in [3.8, 4) is 0 Å². The van der Waals surface area contributed by atoms with E-state index in [-0.39, 0.29) is 0 Å². The van der Waals surface area contributed by atoms with Crippen molar-refractivity contribution < 1.29 is 0 Å². The first-order valence-corrected chi connectivity index (χ1v) is 9.03. The molecule has 0 amide bonds. The van der Waals surface area contributed by atoms with Gasteiger partial charge in [0.2, 0.25) is 0 Å². The molecule has 5 nitrogen and oxygen atoms in total. The smallest absolute Gasteiger partial charge is 0.160 e. The van der Waals surface area contributed by atoms with E-state index in [2.05, 4.69) is 38.1 Å². The molecular formula is C18H31N5. The van der Waals surface area contributed by atoms with Crippen molar-refractivity contribution in [1.29, 1.82) is 0 Å². The van der Waals surface area contributed by atoms with Crippen molar-refractivity contribution in [2.45, 2.75) is 78.9 Å². The molecule has 2 rings (SSSR count). The molecule has 2 aromatic rings. The van der Waals surface area contributed by atoms with Gasteiger partial charge in [-0.3, -0.25) is 0 Å². The van der Waals surface area contributed by atoms with E-state index in [1.165, 1.54) is 25.7 Å². The standard InChI is InChI=1S/C18H31N5/c1-5-9-13(10-6-2)21-17-14(11-19)16(7-3)22-18-15(17)12-20-23(18)8-4/h12-13H,5-11,19H2,1-4H3,(H,21,22). The SMILES string of the molecule is CCCC(CCC)Nc1c(CN)c(CC)nc2c1cnn2CC. The normalized spacial score (nSPS) is 11.6. The number of aryl methyl sites for hydroxylation is 2. The van der Waals surface area contributed by atoms with Crippen LogP contribution in [0.1, 0.15) is 64.6 Å². The maximum Gasteiger partial charge on any atom is 0.160 e. The maximum atomic E-state index is 6.07. The van der Waals surface area contributed by atoms with E-state index >= 15 is 0 Å². The van der Waals surface area contributed by atoms with Gasteiger partial charge >= 0.3 is 0 Å². The molecule has 0 bridgehead atoms. The fourth-order valence-corrected chi connectivity index (χ4v) is 3.27. The number of hydrogen-bond acceptors (Lipinski definition) is 4. The summed E-state index contributed by atoms with van der Waals surface area (Å²) in [7, 11) is 0. The van der Waals surface area contributed by atoms with Gasteiger partial charge in [0.25, 0.3) is 0 Å².